The van der Waals surface area contributed by atoms with Crippen molar-refractivity contribution in [2.24, 2.45) is 5.92 Å². The number of sulfonamides is 1. The molecular formula is C21H30N2O4S. The van der Waals surface area contributed by atoms with Gasteiger partial charge in [0.15, 0.2) is 0 Å². The Labute approximate surface area is 167 Å². The molecule has 154 valence electrons. The van der Waals surface area contributed by atoms with Gasteiger partial charge in [0.05, 0.1) is 18.1 Å². The third-order valence-electron chi connectivity index (χ3n) is 6.12. The van der Waals surface area contributed by atoms with Gasteiger partial charge in [0.25, 0.3) is 5.91 Å². The maximum absolute atomic E-state index is 13.3. The van der Waals surface area contributed by atoms with E-state index in [1.54, 1.807) is 24.3 Å². The summed E-state index contributed by atoms with van der Waals surface area (Å²) in [6.07, 6.45) is 8.32. The van der Waals surface area contributed by atoms with Gasteiger partial charge in [0, 0.05) is 31.2 Å². The Kier molecular flexibility index (Phi) is 6.04. The lowest BCUT2D eigenvalue weighted by Crippen LogP contribution is -2.41. The molecule has 3 aliphatic rings. The molecule has 3 fully saturated rings. The number of amides is 1. The van der Waals surface area contributed by atoms with E-state index >= 15 is 0 Å². The van der Waals surface area contributed by atoms with Crippen LogP contribution >= 0.6 is 0 Å². The first-order chi connectivity index (χ1) is 13.6. The first-order valence-electron chi connectivity index (χ1n) is 10.5. The highest BCUT2D eigenvalue weighted by atomic mass is 32.2. The molecule has 1 aliphatic heterocycles. The van der Waals surface area contributed by atoms with Crippen molar-refractivity contribution in [3.63, 3.8) is 0 Å². The molecule has 0 spiro atoms. The fraction of sp³-hybridized carbons (Fsp3) is 0.667. The third-order valence-corrected chi connectivity index (χ3v) is 8.01. The highest BCUT2D eigenvalue weighted by molar-refractivity contribution is 7.89. The Morgan fingerprint density at radius 3 is 2.46 bits per heavy atom. The summed E-state index contributed by atoms with van der Waals surface area (Å²) in [6, 6.07) is 6.91. The molecule has 0 radical (unpaired) electrons. The molecule has 7 heteroatoms. The van der Waals surface area contributed by atoms with Gasteiger partial charge in [-0.3, -0.25) is 4.79 Å². The smallest absolute Gasteiger partial charge is 0.254 e. The highest BCUT2D eigenvalue weighted by Crippen LogP contribution is 2.32. The second-order valence-corrected chi connectivity index (χ2v) is 10.2. The van der Waals surface area contributed by atoms with Crippen LogP contribution in [0.1, 0.15) is 55.3 Å². The lowest BCUT2D eigenvalue weighted by atomic mass is 9.89. The maximum atomic E-state index is 13.3. The summed E-state index contributed by atoms with van der Waals surface area (Å²) in [4.78, 5) is 15.5. The number of rotatable bonds is 6. The number of ether oxygens (including phenoxy) is 1. The van der Waals surface area contributed by atoms with Crippen molar-refractivity contribution in [3.05, 3.63) is 29.8 Å². The van der Waals surface area contributed by atoms with Gasteiger partial charge < -0.3 is 9.64 Å². The number of carbonyl (C=O) groups excluding carboxylic acids is 1. The molecule has 1 saturated heterocycles. The van der Waals surface area contributed by atoms with Crippen molar-refractivity contribution in [1.29, 1.82) is 0 Å². The maximum Gasteiger partial charge on any atom is 0.254 e. The molecule has 2 saturated carbocycles. The number of nitrogens with zero attached hydrogens (tertiary/aromatic N) is 2. The summed E-state index contributed by atoms with van der Waals surface area (Å²) in [7, 11) is -3.59. The van der Waals surface area contributed by atoms with Crippen molar-refractivity contribution in [3.8, 4) is 0 Å². The molecular weight excluding hydrogens is 376 g/mol. The molecule has 0 aromatic heterocycles. The van der Waals surface area contributed by atoms with Crippen LogP contribution in [0.3, 0.4) is 0 Å². The molecule has 0 bridgehead atoms. The number of benzene rings is 1. The van der Waals surface area contributed by atoms with Crippen molar-refractivity contribution < 1.29 is 17.9 Å². The van der Waals surface area contributed by atoms with E-state index in [0.29, 0.717) is 43.8 Å². The molecule has 0 N–H and O–H groups in total. The van der Waals surface area contributed by atoms with Gasteiger partial charge in [0.1, 0.15) is 0 Å². The molecule has 28 heavy (non-hydrogen) atoms. The summed E-state index contributed by atoms with van der Waals surface area (Å²) in [6.45, 7) is 2.35. The van der Waals surface area contributed by atoms with Gasteiger partial charge in [-0.05, 0) is 49.8 Å². The molecule has 0 unspecified atom stereocenters. The largest absolute Gasteiger partial charge is 0.379 e. The number of carbonyl (C=O) groups is 1. The van der Waals surface area contributed by atoms with Gasteiger partial charge in [-0.2, -0.15) is 4.31 Å². The molecule has 6 nitrogen and oxygen atoms in total. The fourth-order valence-electron chi connectivity index (χ4n) is 4.32. The molecule has 4 rings (SSSR count). The number of hydrogen-bond acceptors (Lipinski definition) is 4. The summed E-state index contributed by atoms with van der Waals surface area (Å²) >= 11 is 0. The summed E-state index contributed by atoms with van der Waals surface area (Å²) in [5, 5.41) is 0. The van der Waals surface area contributed by atoms with Crippen LogP contribution in [-0.4, -0.2) is 62.4 Å². The van der Waals surface area contributed by atoms with E-state index in [1.165, 1.54) is 36.4 Å². The van der Waals surface area contributed by atoms with E-state index in [9.17, 15) is 13.2 Å². The number of hydrogen-bond donors (Lipinski definition) is 0. The van der Waals surface area contributed by atoms with Crippen LogP contribution in [0.4, 0.5) is 0 Å². The van der Waals surface area contributed by atoms with Crippen LogP contribution < -0.4 is 0 Å². The van der Waals surface area contributed by atoms with Gasteiger partial charge in [0.2, 0.25) is 10.0 Å². The van der Waals surface area contributed by atoms with Crippen LogP contribution in [0.5, 0.6) is 0 Å². The Morgan fingerprint density at radius 2 is 1.79 bits per heavy atom. The lowest BCUT2D eigenvalue weighted by Gasteiger charge is -2.30. The second kappa shape index (κ2) is 8.51. The summed E-state index contributed by atoms with van der Waals surface area (Å²) in [5.41, 5.74) is 0.483. The van der Waals surface area contributed by atoms with Gasteiger partial charge >= 0.3 is 0 Å². The average Bonchev–Trinajstić information content (AvgIpc) is 3.58. The lowest BCUT2D eigenvalue weighted by molar-refractivity contribution is 0.0698. The van der Waals surface area contributed by atoms with E-state index in [0.717, 1.165) is 19.4 Å². The number of morpholine rings is 1. The second-order valence-electron chi connectivity index (χ2n) is 8.24. The zero-order valence-corrected chi connectivity index (χ0v) is 17.2. The van der Waals surface area contributed by atoms with E-state index in [4.69, 9.17) is 4.74 Å². The topological polar surface area (TPSA) is 66.9 Å². The third kappa shape index (κ3) is 4.42. The van der Waals surface area contributed by atoms with Gasteiger partial charge in [-0.15, -0.1) is 0 Å². The first kappa shape index (κ1) is 19.9. The van der Waals surface area contributed by atoms with E-state index in [-0.39, 0.29) is 10.8 Å². The van der Waals surface area contributed by atoms with Crippen LogP contribution in [0.2, 0.25) is 0 Å². The summed E-state index contributed by atoms with van der Waals surface area (Å²) < 4.78 is 32.6. The van der Waals surface area contributed by atoms with Crippen LogP contribution in [-0.2, 0) is 14.8 Å². The minimum Gasteiger partial charge on any atom is -0.379 e. The Morgan fingerprint density at radius 1 is 1.07 bits per heavy atom. The fourth-order valence-corrected chi connectivity index (χ4v) is 5.78. The van der Waals surface area contributed by atoms with Crippen molar-refractivity contribution >= 4 is 15.9 Å². The van der Waals surface area contributed by atoms with Crippen molar-refractivity contribution in [1.82, 2.24) is 9.21 Å². The Bertz CT molecular complexity index is 794. The van der Waals surface area contributed by atoms with Crippen LogP contribution in [0.15, 0.2) is 29.2 Å². The van der Waals surface area contributed by atoms with Gasteiger partial charge in [-0.1, -0.05) is 25.3 Å². The minimum atomic E-state index is -3.59. The highest BCUT2D eigenvalue weighted by Gasteiger charge is 2.35. The molecule has 1 heterocycles. The van der Waals surface area contributed by atoms with Crippen molar-refractivity contribution in [2.75, 3.05) is 32.8 Å². The SMILES string of the molecule is O=C(c1cccc(S(=O)(=O)N2CCOCC2)c1)N(CC1CCCCC1)C1CC1. The van der Waals surface area contributed by atoms with E-state index in [1.807, 2.05) is 4.90 Å². The predicted molar refractivity (Wildman–Crippen MR) is 107 cm³/mol. The van der Waals surface area contributed by atoms with E-state index in [2.05, 4.69) is 0 Å². The predicted octanol–water partition coefficient (Wildman–Crippen LogP) is 2.89. The first-order valence-corrected chi connectivity index (χ1v) is 12.0. The van der Waals surface area contributed by atoms with E-state index < -0.39 is 10.0 Å². The molecule has 1 aromatic rings. The molecule has 1 aromatic carbocycles. The Hall–Kier alpha value is -1.44. The monoisotopic (exact) mass is 406 g/mol. The standard InChI is InChI=1S/C21H30N2O4S/c24-21(23(19-9-10-19)16-17-5-2-1-3-6-17)18-7-4-8-20(15-18)28(25,26)22-11-13-27-14-12-22/h4,7-8,15,17,19H,1-3,5-6,9-14,16H2. The quantitative estimate of drug-likeness (QED) is 0.729. The zero-order chi connectivity index (χ0) is 19.6. The summed E-state index contributed by atoms with van der Waals surface area (Å²) in [5.74, 6) is 0.561. The van der Waals surface area contributed by atoms with Crippen LogP contribution in [0, 0.1) is 5.92 Å². The molecule has 0 atom stereocenters. The van der Waals surface area contributed by atoms with Crippen LogP contribution in [0.25, 0.3) is 0 Å². The minimum absolute atomic E-state index is 0.0212. The van der Waals surface area contributed by atoms with Crippen molar-refractivity contribution in [2.45, 2.75) is 55.9 Å². The normalized spacial score (nSPS) is 22.1. The zero-order valence-electron chi connectivity index (χ0n) is 16.4. The molecule has 2 aliphatic carbocycles. The molecule has 1 amide bonds. The average molecular weight is 407 g/mol. The Balaban J connectivity index is 1.52. The van der Waals surface area contributed by atoms with Gasteiger partial charge in [-0.25, -0.2) is 8.42 Å².